The molecule has 10 aliphatic rings. The molecule has 17 atom stereocenters. The molecule has 7 fully saturated rings. The molecular weight excluding hydrogens is 1040 g/mol. The van der Waals surface area contributed by atoms with Crippen LogP contribution in [0.4, 0.5) is 0 Å². The number of aldehydes is 1. The Kier molecular flexibility index (Phi) is 13.2. The Hall–Kier alpha value is -4.21. The first-order chi connectivity index (χ1) is 39.6. The van der Waals surface area contributed by atoms with E-state index < -0.39 is 67.7 Å². The lowest BCUT2D eigenvalue weighted by atomic mass is 9.28. The number of aliphatic hydroxyl groups excluding tert-OH is 2. The van der Waals surface area contributed by atoms with Gasteiger partial charge in [-0.1, -0.05) is 65.7 Å². The van der Waals surface area contributed by atoms with E-state index in [0.717, 1.165) is 109 Å². The van der Waals surface area contributed by atoms with Crippen LogP contribution in [0.15, 0.2) is 54.0 Å². The zero-order valence-corrected chi connectivity index (χ0v) is 51.1. The van der Waals surface area contributed by atoms with Crippen LogP contribution in [-0.4, -0.2) is 112 Å². The Bertz CT molecular complexity index is 3300. The summed E-state index contributed by atoms with van der Waals surface area (Å²) in [5.74, 6) is -0.243. The molecule has 13 nitrogen and oxygen atoms in total. The summed E-state index contributed by atoms with van der Waals surface area (Å²) in [6.07, 6.45) is 17.9. The Labute approximate surface area is 491 Å². The molecule has 2 saturated heterocycles. The van der Waals surface area contributed by atoms with Gasteiger partial charge in [0.2, 0.25) is 0 Å². The number of aromatic amines is 2. The Morgan fingerprint density at radius 3 is 2.42 bits per heavy atom. The quantitative estimate of drug-likeness (QED) is 0.0500. The topological polar surface area (TPSA) is 194 Å². The van der Waals surface area contributed by atoms with Crippen LogP contribution in [-0.2, 0) is 42.4 Å². The lowest BCUT2D eigenvalue weighted by Gasteiger charge is -2.76. The van der Waals surface area contributed by atoms with Crippen molar-refractivity contribution in [1.82, 2.24) is 25.2 Å². The third kappa shape index (κ3) is 7.77. The maximum absolute atomic E-state index is 16.0. The summed E-state index contributed by atoms with van der Waals surface area (Å²) in [5, 5.41) is 46.4. The Morgan fingerprint density at radius 1 is 0.916 bits per heavy atom. The number of carbonyl (C=O) groups excluding carboxylic acids is 3. The standard InChI is InChI=1S/C70H95N5O8/c1-63(2)62(83-63)51(78)32-64(3)18-14-41-35-74-57-47(49(38-76)43-28-42(45-13-11-10-12-40(45)34-72-9)29-44(30-43)70(81)22-26-82-27-23-70)36-75(58(41)57)37-48-53-55(64)50(77)33-67(53,6)66(5)19-16-52-65(4,21-25-71-8)61(80)54-46-17-24-73-56(46)39-15-20-69(54,31-39)68(52,7)60(66)59(48)79/h17,24,28-30,35-36,38-40,45,48-49,51-52,54,59-60,62,71-74,78-79,81H,10-16,18-23,25-27,31-34,37H2,1-9H3. The van der Waals surface area contributed by atoms with Crippen molar-refractivity contribution in [2.45, 2.75) is 211 Å². The van der Waals surface area contributed by atoms with Gasteiger partial charge in [0.15, 0.2) is 5.78 Å². The highest BCUT2D eigenvalue weighted by atomic mass is 16.6. The number of aliphatic hydroxyl groups is 3. The van der Waals surface area contributed by atoms with E-state index >= 15 is 9.59 Å². The minimum atomic E-state index is -1.09. The molecule has 3 aromatic heterocycles. The average molecular weight is 1130 g/mol. The number of allylic oxidation sites excluding steroid dienone is 1. The number of nitrogens with one attached hydrogen (secondary N) is 4. The number of ether oxygens (including phenoxy) is 2. The normalized spacial score (nSPS) is 40.9. The van der Waals surface area contributed by atoms with E-state index in [1.54, 1.807) is 0 Å². The van der Waals surface area contributed by atoms with Crippen molar-refractivity contribution in [2.75, 3.05) is 40.4 Å². The molecule has 83 heavy (non-hydrogen) atoms. The summed E-state index contributed by atoms with van der Waals surface area (Å²) in [7, 11) is 4.02. The highest BCUT2D eigenvalue weighted by molar-refractivity contribution is 6.02. The first kappa shape index (κ1) is 56.6. The first-order valence-electron chi connectivity index (χ1n) is 32.5. The lowest BCUT2D eigenvalue weighted by Crippen LogP contribution is -2.74. The second kappa shape index (κ2) is 19.4. The first-order valence-corrected chi connectivity index (χ1v) is 32.5. The maximum Gasteiger partial charge on any atom is 0.160 e. The number of nitrogens with zero attached hydrogens (tertiary/aromatic N) is 1. The van der Waals surface area contributed by atoms with E-state index in [1.807, 2.05) is 27.9 Å². The Morgan fingerprint density at radius 2 is 1.69 bits per heavy atom. The number of benzene rings is 1. The van der Waals surface area contributed by atoms with E-state index in [1.165, 1.54) is 23.2 Å². The van der Waals surface area contributed by atoms with E-state index in [2.05, 4.69) is 103 Å². The highest BCUT2D eigenvalue weighted by Crippen LogP contribution is 2.83. The van der Waals surface area contributed by atoms with Gasteiger partial charge in [-0.05, 0) is 202 Å². The van der Waals surface area contributed by atoms with Crippen molar-refractivity contribution in [3.05, 3.63) is 93.1 Å². The van der Waals surface area contributed by atoms with Crippen LogP contribution >= 0.6 is 0 Å². The number of hydrogen-bond acceptors (Lipinski definition) is 10. The van der Waals surface area contributed by atoms with Crippen LogP contribution in [0.25, 0.3) is 11.0 Å². The number of aromatic nitrogens is 3. The Balaban J connectivity index is 0.962. The monoisotopic (exact) mass is 1130 g/mol. The van der Waals surface area contributed by atoms with Crippen molar-refractivity contribution in [3.63, 3.8) is 0 Å². The van der Waals surface area contributed by atoms with Gasteiger partial charge in [-0.2, -0.15) is 0 Å². The van der Waals surface area contributed by atoms with Crippen molar-refractivity contribution >= 4 is 28.9 Å². The molecule has 6 heterocycles. The molecule has 3 aliphatic heterocycles. The molecule has 14 rings (SSSR count). The van der Waals surface area contributed by atoms with E-state index in [0.29, 0.717) is 88.9 Å². The maximum atomic E-state index is 16.0. The number of aryl methyl sites for hydroxylation is 1. The molecule has 13 heteroatoms. The van der Waals surface area contributed by atoms with Gasteiger partial charge in [0.1, 0.15) is 18.2 Å². The number of Topliss-reactive ketones (excluding diaryl/α,β-unsaturated/α-hetero) is 2. The SMILES string of the molecule is CNCCC1(C)C(=O)C2c3cc[nH]c3C3CCC2(C3)C2(C)C1CCC1(C)C2C(O)C2Cn3cc(C(C=O)c4cc(C5CCCCC5CNC)cc(C5(O)CCOCC5)c4)c4[nH]cc(c43)CCC(C)(CC(O)C3OC3(C)C)C3=C2C1(C)CC3=O. The van der Waals surface area contributed by atoms with Crippen LogP contribution in [0.3, 0.4) is 0 Å². The van der Waals surface area contributed by atoms with Crippen molar-refractivity contribution < 1.29 is 39.2 Å². The van der Waals surface area contributed by atoms with Gasteiger partial charge in [0, 0.05) is 91.2 Å². The molecule has 7 aliphatic carbocycles. The summed E-state index contributed by atoms with van der Waals surface area (Å²) >= 11 is 0. The minimum Gasteiger partial charge on any atom is -0.392 e. The van der Waals surface area contributed by atoms with Gasteiger partial charge >= 0.3 is 0 Å². The molecule has 4 aromatic rings. The van der Waals surface area contributed by atoms with Gasteiger partial charge in [-0.3, -0.25) is 9.59 Å². The fraction of sp³-hybridized carbons (Fsp3) is 0.700. The number of epoxide rings is 1. The molecule has 7 N–H and O–H groups in total. The summed E-state index contributed by atoms with van der Waals surface area (Å²) in [6.45, 7) is 18.8. The van der Waals surface area contributed by atoms with Gasteiger partial charge in [-0.25, -0.2) is 0 Å². The fourth-order valence-corrected chi connectivity index (χ4v) is 22.4. The third-order valence-electron chi connectivity index (χ3n) is 26.5. The number of carbonyl (C=O) groups is 3. The third-order valence-corrected chi connectivity index (χ3v) is 26.5. The van der Waals surface area contributed by atoms with Crippen molar-refractivity contribution in [1.29, 1.82) is 0 Å². The zero-order chi connectivity index (χ0) is 58.2. The fourth-order valence-electron chi connectivity index (χ4n) is 22.4. The van der Waals surface area contributed by atoms with Gasteiger partial charge in [0.25, 0.3) is 0 Å². The predicted molar refractivity (Wildman–Crippen MR) is 320 cm³/mol. The number of ketones is 2. The largest absolute Gasteiger partial charge is 0.392 e. The number of fused-ring (bicyclic) bond motifs is 8. The molecule has 448 valence electrons. The molecule has 1 aromatic carbocycles. The van der Waals surface area contributed by atoms with Crippen molar-refractivity contribution in [2.24, 2.45) is 56.2 Å². The number of H-pyrrole nitrogens is 2. The highest BCUT2D eigenvalue weighted by Gasteiger charge is 2.80. The predicted octanol–water partition coefficient (Wildman–Crippen LogP) is 10.6. The molecular formula is C70H95N5O8. The summed E-state index contributed by atoms with van der Waals surface area (Å²) in [4.78, 5) is 53.8. The van der Waals surface area contributed by atoms with Gasteiger partial charge in [-0.15, -0.1) is 0 Å². The molecule has 2 bridgehead atoms. The van der Waals surface area contributed by atoms with Gasteiger partial charge in [0.05, 0.1) is 46.3 Å². The number of rotatable bonds is 13. The summed E-state index contributed by atoms with van der Waals surface area (Å²) in [5.41, 5.74) is 5.94. The smallest absolute Gasteiger partial charge is 0.160 e. The van der Waals surface area contributed by atoms with E-state index in [9.17, 15) is 20.1 Å². The second-order valence-electron chi connectivity index (χ2n) is 30.7. The van der Waals surface area contributed by atoms with E-state index in [-0.39, 0.29) is 35.6 Å². The molecule has 1 spiro atoms. The molecule has 0 radical (unpaired) electrons. The number of hydrogen-bond donors (Lipinski definition) is 7. The summed E-state index contributed by atoms with van der Waals surface area (Å²) in [6, 6.07) is 8.82. The van der Waals surface area contributed by atoms with Crippen LogP contribution < -0.4 is 10.6 Å². The summed E-state index contributed by atoms with van der Waals surface area (Å²) < 4.78 is 14.3. The molecule has 0 amide bonds. The van der Waals surface area contributed by atoms with Crippen LogP contribution in [0, 0.1) is 56.2 Å². The average Bonchev–Trinajstić information content (AvgIpc) is 1.66. The van der Waals surface area contributed by atoms with Crippen molar-refractivity contribution in [3.8, 4) is 0 Å². The van der Waals surface area contributed by atoms with Crippen LogP contribution in [0.2, 0.25) is 0 Å². The van der Waals surface area contributed by atoms with Crippen LogP contribution in [0.5, 0.6) is 0 Å². The molecule has 5 saturated carbocycles. The second-order valence-corrected chi connectivity index (χ2v) is 30.7. The lowest BCUT2D eigenvalue weighted by molar-refractivity contribution is -0.267. The molecule has 17 unspecified atom stereocenters. The zero-order valence-electron chi connectivity index (χ0n) is 51.1. The minimum absolute atomic E-state index is 0.00287. The van der Waals surface area contributed by atoms with Crippen LogP contribution in [0.1, 0.15) is 208 Å². The van der Waals surface area contributed by atoms with Gasteiger partial charge < -0.3 is 54.8 Å². The van der Waals surface area contributed by atoms with E-state index in [4.69, 9.17) is 9.47 Å².